The van der Waals surface area contributed by atoms with Crippen molar-refractivity contribution in [3.05, 3.63) is 18.4 Å². The van der Waals surface area contributed by atoms with Crippen LogP contribution in [0.4, 0.5) is 0 Å². The standard InChI is InChI=1S/C14H19N5O3S/c1-3-16-13(21)9(2)23-14-18-17-12(10-5-4-8-22-10)19(14)7-6-11(15)20/h4-5,8-9H,3,6-7H2,1-2H3,(H2,15,20)(H,16,21)/t9-/m0/s1. The van der Waals surface area contributed by atoms with Crippen LogP contribution in [0, 0.1) is 0 Å². The van der Waals surface area contributed by atoms with Crippen molar-refractivity contribution in [3.8, 4) is 11.6 Å². The van der Waals surface area contributed by atoms with Gasteiger partial charge in [-0.15, -0.1) is 10.2 Å². The first-order valence-corrected chi connectivity index (χ1v) is 8.10. The van der Waals surface area contributed by atoms with Crippen LogP contribution in [0.2, 0.25) is 0 Å². The SMILES string of the molecule is CCNC(=O)[C@H](C)Sc1nnc(-c2ccco2)n1CCC(N)=O. The van der Waals surface area contributed by atoms with Gasteiger partial charge in [0.1, 0.15) is 0 Å². The zero-order chi connectivity index (χ0) is 16.8. The monoisotopic (exact) mass is 337 g/mol. The number of nitrogens with zero attached hydrogens (tertiary/aromatic N) is 3. The second kappa shape index (κ2) is 7.82. The summed E-state index contributed by atoms with van der Waals surface area (Å²) in [6.07, 6.45) is 1.68. The molecule has 1 atom stereocenters. The topological polar surface area (TPSA) is 116 Å². The molecule has 9 heteroatoms. The number of rotatable bonds is 8. The summed E-state index contributed by atoms with van der Waals surface area (Å²) in [5, 5.41) is 11.2. The van der Waals surface area contributed by atoms with E-state index in [4.69, 9.17) is 10.2 Å². The molecule has 124 valence electrons. The number of hydrogen-bond acceptors (Lipinski definition) is 6. The average molecular weight is 337 g/mol. The van der Waals surface area contributed by atoms with E-state index in [1.54, 1.807) is 23.6 Å². The molecular weight excluding hydrogens is 318 g/mol. The Bertz CT molecular complexity index is 668. The Hall–Kier alpha value is -2.29. The molecule has 2 aromatic heterocycles. The van der Waals surface area contributed by atoms with Crippen molar-refractivity contribution in [1.29, 1.82) is 0 Å². The van der Waals surface area contributed by atoms with Crippen molar-refractivity contribution in [1.82, 2.24) is 20.1 Å². The van der Waals surface area contributed by atoms with E-state index in [1.807, 2.05) is 6.92 Å². The minimum atomic E-state index is -0.420. The molecule has 0 bridgehead atoms. The summed E-state index contributed by atoms with van der Waals surface area (Å²) in [5.74, 6) is 0.541. The van der Waals surface area contributed by atoms with Gasteiger partial charge in [-0.1, -0.05) is 11.8 Å². The lowest BCUT2D eigenvalue weighted by atomic mass is 10.3. The van der Waals surface area contributed by atoms with E-state index in [0.717, 1.165) is 0 Å². The highest BCUT2D eigenvalue weighted by molar-refractivity contribution is 8.00. The van der Waals surface area contributed by atoms with Crippen LogP contribution in [0.25, 0.3) is 11.6 Å². The van der Waals surface area contributed by atoms with Crippen LogP contribution in [-0.4, -0.2) is 38.4 Å². The second-order valence-corrected chi connectivity index (χ2v) is 6.11. The molecule has 8 nitrogen and oxygen atoms in total. The summed E-state index contributed by atoms with van der Waals surface area (Å²) in [5.41, 5.74) is 5.23. The van der Waals surface area contributed by atoms with E-state index < -0.39 is 5.91 Å². The third-order valence-corrected chi connectivity index (χ3v) is 4.12. The van der Waals surface area contributed by atoms with Crippen LogP contribution < -0.4 is 11.1 Å². The van der Waals surface area contributed by atoms with Gasteiger partial charge in [-0.05, 0) is 26.0 Å². The number of carbonyl (C=O) groups excluding carboxylic acids is 2. The highest BCUT2D eigenvalue weighted by atomic mass is 32.2. The highest BCUT2D eigenvalue weighted by Crippen LogP contribution is 2.27. The number of hydrogen-bond donors (Lipinski definition) is 2. The molecule has 0 aliphatic heterocycles. The number of amides is 2. The van der Waals surface area contributed by atoms with Gasteiger partial charge >= 0.3 is 0 Å². The predicted molar refractivity (Wildman–Crippen MR) is 85.5 cm³/mol. The Morgan fingerprint density at radius 1 is 1.48 bits per heavy atom. The third kappa shape index (κ3) is 4.35. The largest absolute Gasteiger partial charge is 0.461 e. The number of aromatic nitrogens is 3. The molecule has 2 aromatic rings. The minimum Gasteiger partial charge on any atom is -0.461 e. The molecule has 0 aliphatic rings. The van der Waals surface area contributed by atoms with Crippen LogP contribution in [0.3, 0.4) is 0 Å². The van der Waals surface area contributed by atoms with Gasteiger partial charge in [0.2, 0.25) is 11.8 Å². The Morgan fingerprint density at radius 3 is 2.87 bits per heavy atom. The smallest absolute Gasteiger partial charge is 0.233 e. The highest BCUT2D eigenvalue weighted by Gasteiger charge is 2.21. The first kappa shape index (κ1) is 17.1. The molecule has 0 saturated carbocycles. The van der Waals surface area contributed by atoms with Crippen LogP contribution in [0.5, 0.6) is 0 Å². The van der Waals surface area contributed by atoms with Gasteiger partial charge in [-0.25, -0.2) is 0 Å². The van der Waals surface area contributed by atoms with E-state index in [2.05, 4.69) is 15.5 Å². The molecule has 0 aromatic carbocycles. The van der Waals surface area contributed by atoms with Crippen molar-refractivity contribution < 1.29 is 14.0 Å². The number of primary amides is 1. The summed E-state index contributed by atoms with van der Waals surface area (Å²) < 4.78 is 7.08. The van der Waals surface area contributed by atoms with Gasteiger partial charge < -0.3 is 15.5 Å². The average Bonchev–Trinajstić information content (AvgIpc) is 3.14. The Labute approximate surface area is 137 Å². The van der Waals surface area contributed by atoms with Crippen LogP contribution in [-0.2, 0) is 16.1 Å². The fourth-order valence-corrected chi connectivity index (χ4v) is 2.82. The molecule has 0 aliphatic carbocycles. The molecule has 23 heavy (non-hydrogen) atoms. The van der Waals surface area contributed by atoms with Crippen molar-refractivity contribution in [2.24, 2.45) is 5.73 Å². The van der Waals surface area contributed by atoms with Crippen molar-refractivity contribution >= 4 is 23.6 Å². The number of thioether (sulfide) groups is 1. The van der Waals surface area contributed by atoms with Crippen LogP contribution in [0.1, 0.15) is 20.3 Å². The third-order valence-electron chi connectivity index (χ3n) is 3.04. The summed E-state index contributed by atoms with van der Waals surface area (Å²) in [4.78, 5) is 23.0. The zero-order valence-electron chi connectivity index (χ0n) is 13.0. The number of carbonyl (C=O) groups is 2. The first-order valence-electron chi connectivity index (χ1n) is 7.22. The van der Waals surface area contributed by atoms with Crippen molar-refractivity contribution in [2.45, 2.75) is 37.2 Å². The number of furan rings is 1. The molecule has 3 N–H and O–H groups in total. The number of nitrogens with two attached hydrogens (primary N) is 1. The van der Waals surface area contributed by atoms with E-state index in [-0.39, 0.29) is 17.6 Å². The maximum Gasteiger partial charge on any atom is 0.233 e. The second-order valence-electron chi connectivity index (χ2n) is 4.81. The van der Waals surface area contributed by atoms with E-state index >= 15 is 0 Å². The fourth-order valence-electron chi connectivity index (χ4n) is 1.92. The lowest BCUT2D eigenvalue weighted by molar-refractivity contribution is -0.120. The molecule has 2 rings (SSSR count). The normalized spacial score (nSPS) is 12.1. The zero-order valence-corrected chi connectivity index (χ0v) is 13.8. The molecular formula is C14H19N5O3S. The van der Waals surface area contributed by atoms with Gasteiger partial charge in [0.25, 0.3) is 0 Å². The molecule has 0 fully saturated rings. The van der Waals surface area contributed by atoms with Crippen LogP contribution in [0.15, 0.2) is 28.0 Å². The molecule has 0 radical (unpaired) electrons. The Balaban J connectivity index is 2.24. The van der Waals surface area contributed by atoms with Gasteiger partial charge in [-0.2, -0.15) is 0 Å². The fraction of sp³-hybridized carbons (Fsp3) is 0.429. The maximum absolute atomic E-state index is 11.9. The van der Waals surface area contributed by atoms with E-state index in [9.17, 15) is 9.59 Å². The molecule has 0 saturated heterocycles. The summed E-state index contributed by atoms with van der Waals surface area (Å²) in [6, 6.07) is 3.50. The van der Waals surface area contributed by atoms with Gasteiger partial charge in [0.15, 0.2) is 16.7 Å². The molecule has 2 heterocycles. The van der Waals surface area contributed by atoms with Gasteiger partial charge in [0, 0.05) is 19.5 Å². The molecule has 0 spiro atoms. The summed E-state index contributed by atoms with van der Waals surface area (Å²) in [7, 11) is 0. The minimum absolute atomic E-state index is 0.0819. The summed E-state index contributed by atoms with van der Waals surface area (Å²) in [6.45, 7) is 4.54. The maximum atomic E-state index is 11.9. The number of nitrogens with one attached hydrogen (secondary N) is 1. The summed E-state index contributed by atoms with van der Waals surface area (Å²) >= 11 is 1.27. The first-order chi connectivity index (χ1) is 11.0. The Kier molecular flexibility index (Phi) is 5.80. The Morgan fingerprint density at radius 2 is 2.26 bits per heavy atom. The quantitative estimate of drug-likeness (QED) is 0.695. The lowest BCUT2D eigenvalue weighted by Crippen LogP contribution is -2.30. The van der Waals surface area contributed by atoms with E-state index in [1.165, 1.54) is 18.0 Å². The van der Waals surface area contributed by atoms with Gasteiger partial charge in [-0.3, -0.25) is 14.2 Å². The lowest BCUT2D eigenvalue weighted by Gasteiger charge is -2.12. The van der Waals surface area contributed by atoms with Crippen molar-refractivity contribution in [3.63, 3.8) is 0 Å². The molecule has 0 unspecified atom stereocenters. The molecule has 2 amide bonds. The van der Waals surface area contributed by atoms with Crippen LogP contribution >= 0.6 is 11.8 Å². The van der Waals surface area contributed by atoms with Crippen molar-refractivity contribution in [2.75, 3.05) is 6.54 Å². The van der Waals surface area contributed by atoms with E-state index in [0.29, 0.717) is 29.8 Å². The van der Waals surface area contributed by atoms with Gasteiger partial charge in [0.05, 0.1) is 11.5 Å². The predicted octanol–water partition coefficient (Wildman–Crippen LogP) is 1.03.